The molecule has 1 amide bonds. The van der Waals surface area contributed by atoms with E-state index >= 15 is 0 Å². The van der Waals surface area contributed by atoms with Gasteiger partial charge in [-0.25, -0.2) is 5.01 Å². The molecule has 0 spiro atoms. The van der Waals surface area contributed by atoms with Crippen LogP contribution < -0.4 is 5.01 Å². The zero-order valence-corrected chi connectivity index (χ0v) is 13.7. The molecule has 2 aromatic rings. The number of amides is 1. The molecule has 25 heavy (non-hydrogen) atoms. The smallest absolute Gasteiger partial charge is 0.256 e. The lowest BCUT2D eigenvalue weighted by Crippen LogP contribution is -2.34. The van der Waals surface area contributed by atoms with Crippen LogP contribution in [0.4, 0.5) is 5.69 Å². The van der Waals surface area contributed by atoms with Crippen LogP contribution in [0.1, 0.15) is 18.4 Å². The van der Waals surface area contributed by atoms with Crippen molar-refractivity contribution in [3.63, 3.8) is 0 Å². The zero-order valence-electron chi connectivity index (χ0n) is 13.7. The minimum absolute atomic E-state index is 0.215. The lowest BCUT2D eigenvalue weighted by Gasteiger charge is -2.24. The molecule has 0 saturated carbocycles. The summed E-state index contributed by atoms with van der Waals surface area (Å²) in [6.45, 7) is 1.77. The van der Waals surface area contributed by atoms with Gasteiger partial charge in [-0.3, -0.25) is 4.79 Å². The lowest BCUT2D eigenvalue weighted by atomic mass is 9.76. The summed E-state index contributed by atoms with van der Waals surface area (Å²) in [7, 11) is 0. The van der Waals surface area contributed by atoms with Gasteiger partial charge in [-0.15, -0.1) is 0 Å². The third-order valence-electron chi connectivity index (χ3n) is 4.36. The van der Waals surface area contributed by atoms with Crippen molar-refractivity contribution in [1.29, 1.82) is 10.5 Å². The van der Waals surface area contributed by atoms with Gasteiger partial charge < -0.3 is 0 Å². The summed E-state index contributed by atoms with van der Waals surface area (Å²) < 4.78 is 0. The number of carbonyl (C=O) groups excluding carboxylic acids is 1. The van der Waals surface area contributed by atoms with Gasteiger partial charge in [-0.1, -0.05) is 48.5 Å². The highest BCUT2D eigenvalue weighted by atomic mass is 16.2. The monoisotopic (exact) mass is 328 g/mol. The van der Waals surface area contributed by atoms with E-state index in [1.165, 1.54) is 5.01 Å². The van der Waals surface area contributed by atoms with Crippen molar-refractivity contribution in [2.24, 2.45) is 16.9 Å². The number of nitrogens with zero attached hydrogens (tertiary/aromatic N) is 4. The molecule has 3 rings (SSSR count). The number of hydrogen-bond acceptors (Lipinski definition) is 4. The van der Waals surface area contributed by atoms with Gasteiger partial charge in [-0.05, 0) is 24.6 Å². The molecule has 0 aromatic heterocycles. The van der Waals surface area contributed by atoms with Crippen LogP contribution in [0, 0.1) is 34.5 Å². The maximum absolute atomic E-state index is 13.1. The molecule has 0 N–H and O–H groups in total. The first kappa shape index (κ1) is 16.4. The Morgan fingerprint density at radius 3 is 2.12 bits per heavy atom. The standard InChI is InChI=1S/C20H16N4O/c1-14-18(20(25)24(23-14)17-10-6-3-7-11-17)19(16(12-21)13-22)15-8-4-2-5-9-15/h2-11,16,18-19H,1H3/t18-,19+/m1/s1. The topological polar surface area (TPSA) is 80.2 Å². The molecule has 0 unspecified atom stereocenters. The van der Waals surface area contributed by atoms with Crippen LogP contribution in [-0.2, 0) is 4.79 Å². The van der Waals surface area contributed by atoms with E-state index in [-0.39, 0.29) is 5.91 Å². The first-order chi connectivity index (χ1) is 12.2. The summed E-state index contributed by atoms with van der Waals surface area (Å²) in [5, 5.41) is 24.6. The number of rotatable bonds is 4. The van der Waals surface area contributed by atoms with Crippen molar-refractivity contribution >= 4 is 17.3 Å². The normalized spacial score (nSPS) is 17.8. The fraction of sp³-hybridized carbons (Fsp3) is 0.200. The van der Waals surface area contributed by atoms with Gasteiger partial charge in [-0.2, -0.15) is 15.6 Å². The fourth-order valence-corrected chi connectivity index (χ4v) is 3.19. The number of hydrogen-bond donors (Lipinski definition) is 0. The van der Waals surface area contributed by atoms with Crippen molar-refractivity contribution in [3.05, 3.63) is 66.2 Å². The average molecular weight is 328 g/mol. The number of nitriles is 2. The summed E-state index contributed by atoms with van der Waals surface area (Å²) >= 11 is 0. The highest BCUT2D eigenvalue weighted by Gasteiger charge is 2.44. The number of para-hydroxylation sites is 1. The Morgan fingerprint density at radius 2 is 1.56 bits per heavy atom. The fourth-order valence-electron chi connectivity index (χ4n) is 3.19. The van der Waals surface area contributed by atoms with Gasteiger partial charge in [0, 0.05) is 11.6 Å². The number of anilines is 1. The zero-order chi connectivity index (χ0) is 17.8. The van der Waals surface area contributed by atoms with Crippen LogP contribution in [0.15, 0.2) is 65.8 Å². The molecule has 0 fully saturated rings. The van der Waals surface area contributed by atoms with Crippen molar-refractivity contribution in [1.82, 2.24) is 0 Å². The molecule has 1 aliphatic rings. The molecule has 122 valence electrons. The van der Waals surface area contributed by atoms with Crippen LogP contribution >= 0.6 is 0 Å². The average Bonchev–Trinajstić information content (AvgIpc) is 2.95. The second-order valence-corrected chi connectivity index (χ2v) is 5.88. The molecule has 0 aliphatic carbocycles. The minimum Gasteiger partial charge on any atom is -0.272 e. The Morgan fingerprint density at radius 1 is 1.00 bits per heavy atom. The van der Waals surface area contributed by atoms with Gasteiger partial charge in [0.2, 0.25) is 0 Å². The summed E-state index contributed by atoms with van der Waals surface area (Å²) in [6, 6.07) is 22.5. The molecule has 0 radical (unpaired) electrons. The highest BCUT2D eigenvalue weighted by Crippen LogP contribution is 2.38. The van der Waals surface area contributed by atoms with Gasteiger partial charge in [0.25, 0.3) is 5.91 Å². The van der Waals surface area contributed by atoms with Crippen molar-refractivity contribution < 1.29 is 4.79 Å². The van der Waals surface area contributed by atoms with Crippen LogP contribution in [0.2, 0.25) is 0 Å². The predicted molar refractivity (Wildman–Crippen MR) is 94.4 cm³/mol. The van der Waals surface area contributed by atoms with E-state index in [2.05, 4.69) is 5.10 Å². The summed E-state index contributed by atoms with van der Waals surface area (Å²) in [4.78, 5) is 13.1. The number of carbonyl (C=O) groups is 1. The number of hydrazone groups is 1. The Kier molecular flexibility index (Phi) is 4.59. The summed E-state index contributed by atoms with van der Waals surface area (Å²) in [6.07, 6.45) is 0. The van der Waals surface area contributed by atoms with Gasteiger partial charge in [0.1, 0.15) is 5.92 Å². The minimum atomic E-state index is -0.933. The van der Waals surface area contributed by atoms with Gasteiger partial charge in [0.15, 0.2) is 0 Å². The molecule has 1 aliphatic heterocycles. The molecule has 2 aromatic carbocycles. The van der Waals surface area contributed by atoms with Crippen molar-refractivity contribution in [2.75, 3.05) is 5.01 Å². The van der Waals surface area contributed by atoms with E-state index < -0.39 is 17.8 Å². The Bertz CT molecular complexity index is 863. The SMILES string of the molecule is CC1=NN(c2ccccc2)C(=O)[C@H]1[C@@H](c1ccccc1)C(C#N)C#N. The van der Waals surface area contributed by atoms with E-state index in [4.69, 9.17) is 0 Å². The Hall–Kier alpha value is -3.44. The van der Waals surface area contributed by atoms with E-state index in [1.807, 2.05) is 60.7 Å². The van der Waals surface area contributed by atoms with Crippen LogP contribution in [0.3, 0.4) is 0 Å². The van der Waals surface area contributed by atoms with Crippen LogP contribution in [-0.4, -0.2) is 11.6 Å². The van der Waals surface area contributed by atoms with Crippen molar-refractivity contribution in [3.8, 4) is 12.1 Å². The molecule has 0 bridgehead atoms. The van der Waals surface area contributed by atoms with Crippen LogP contribution in [0.25, 0.3) is 0 Å². The Balaban J connectivity index is 2.03. The molecule has 5 heteroatoms. The molecule has 2 atom stereocenters. The second-order valence-electron chi connectivity index (χ2n) is 5.88. The van der Waals surface area contributed by atoms with Gasteiger partial charge >= 0.3 is 0 Å². The first-order valence-electron chi connectivity index (χ1n) is 7.95. The lowest BCUT2D eigenvalue weighted by molar-refractivity contribution is -0.120. The highest BCUT2D eigenvalue weighted by molar-refractivity contribution is 6.15. The molecular weight excluding hydrogens is 312 g/mol. The second kappa shape index (κ2) is 6.98. The quantitative estimate of drug-likeness (QED) is 0.862. The summed E-state index contributed by atoms with van der Waals surface area (Å²) in [5.41, 5.74) is 2.07. The molecular formula is C20H16N4O. The van der Waals surface area contributed by atoms with E-state index in [0.29, 0.717) is 11.4 Å². The number of benzene rings is 2. The molecule has 0 saturated heterocycles. The maximum Gasteiger partial charge on any atom is 0.256 e. The largest absolute Gasteiger partial charge is 0.272 e. The molecule has 5 nitrogen and oxygen atoms in total. The molecule has 1 heterocycles. The predicted octanol–water partition coefficient (Wildman–Crippen LogP) is 3.47. The third kappa shape index (κ3) is 3.00. The first-order valence-corrected chi connectivity index (χ1v) is 7.95. The van der Waals surface area contributed by atoms with E-state index in [1.54, 1.807) is 19.1 Å². The van der Waals surface area contributed by atoms with Crippen LogP contribution in [0.5, 0.6) is 0 Å². The summed E-state index contributed by atoms with van der Waals surface area (Å²) in [5.74, 6) is -2.33. The third-order valence-corrected chi connectivity index (χ3v) is 4.36. The van der Waals surface area contributed by atoms with E-state index in [0.717, 1.165) is 5.56 Å². The van der Waals surface area contributed by atoms with E-state index in [9.17, 15) is 15.3 Å². The van der Waals surface area contributed by atoms with Crippen molar-refractivity contribution in [2.45, 2.75) is 12.8 Å². The van der Waals surface area contributed by atoms with Gasteiger partial charge in [0.05, 0.1) is 23.7 Å². The maximum atomic E-state index is 13.1. The Labute approximate surface area is 146 Å².